The molecular formula is C22H44O5Si2. The zero-order valence-electron chi connectivity index (χ0n) is 19.5. The van der Waals surface area contributed by atoms with Crippen molar-refractivity contribution < 1.29 is 22.5 Å². The molecule has 0 N–H and O–H groups in total. The van der Waals surface area contributed by atoms with Gasteiger partial charge in [0.2, 0.25) is 0 Å². The van der Waals surface area contributed by atoms with E-state index in [1.165, 1.54) is 51.4 Å². The second-order valence-electron chi connectivity index (χ2n) is 8.78. The summed E-state index contributed by atoms with van der Waals surface area (Å²) in [6.07, 6.45) is 10.2. The Kier molecular flexibility index (Phi) is 10.3. The molecule has 1 atom stereocenters. The molecule has 2 rings (SSSR count). The first-order chi connectivity index (χ1) is 14.0. The van der Waals surface area contributed by atoms with E-state index in [1.54, 1.807) is 0 Å². The summed E-state index contributed by atoms with van der Waals surface area (Å²) in [5.41, 5.74) is 1.30. The van der Waals surface area contributed by atoms with Gasteiger partial charge in [0.25, 0.3) is 14.3 Å². The second-order valence-corrected chi connectivity index (χ2v) is 15.9. The van der Waals surface area contributed by atoms with Gasteiger partial charge in [0.1, 0.15) is 0 Å². The highest BCUT2D eigenvalue weighted by Crippen LogP contribution is 2.52. The fourth-order valence-electron chi connectivity index (χ4n) is 5.69. The Hall–Kier alpha value is -0.216. The van der Waals surface area contributed by atoms with Crippen molar-refractivity contribution in [3.8, 4) is 0 Å². The largest absolute Gasteiger partial charge is 0.518 e. The van der Waals surface area contributed by atoms with Crippen LogP contribution in [0.4, 0.5) is 0 Å². The van der Waals surface area contributed by atoms with Gasteiger partial charge in [-0.2, -0.15) is 0 Å². The van der Waals surface area contributed by atoms with Gasteiger partial charge < -0.3 is 17.7 Å². The van der Waals surface area contributed by atoms with Crippen LogP contribution in [0.25, 0.3) is 0 Å². The fraction of sp³-hybridized carbons (Fsp3) is 0.955. The van der Waals surface area contributed by atoms with Crippen LogP contribution in [0.3, 0.4) is 0 Å². The van der Waals surface area contributed by atoms with Crippen molar-refractivity contribution in [2.24, 2.45) is 5.92 Å². The van der Waals surface area contributed by atoms with Crippen LogP contribution in [0.5, 0.6) is 0 Å². The van der Waals surface area contributed by atoms with E-state index in [-0.39, 0.29) is 11.9 Å². The maximum absolute atomic E-state index is 13.4. The van der Waals surface area contributed by atoms with Crippen LogP contribution in [-0.4, -0.2) is 42.9 Å². The van der Waals surface area contributed by atoms with E-state index in [0.29, 0.717) is 36.9 Å². The molecule has 0 aliphatic heterocycles. The number of hydrogen-bond donors (Lipinski definition) is 0. The topological polar surface area (TPSA) is 54.0 Å². The van der Waals surface area contributed by atoms with Gasteiger partial charge in [-0.3, -0.25) is 4.79 Å². The van der Waals surface area contributed by atoms with E-state index < -0.39 is 17.1 Å². The lowest BCUT2D eigenvalue weighted by atomic mass is 10.2. The summed E-state index contributed by atoms with van der Waals surface area (Å²) >= 11 is 0. The normalized spacial score (nSPS) is 20.3. The molecule has 170 valence electrons. The summed E-state index contributed by atoms with van der Waals surface area (Å²) in [5, 5.41) is 0. The Balaban J connectivity index is 2.16. The van der Waals surface area contributed by atoms with Crippen LogP contribution < -0.4 is 0 Å². The predicted octanol–water partition coefficient (Wildman–Crippen LogP) is 6.07. The zero-order valence-corrected chi connectivity index (χ0v) is 21.5. The minimum atomic E-state index is -2.86. The van der Waals surface area contributed by atoms with Crippen molar-refractivity contribution in [2.75, 3.05) is 19.8 Å². The van der Waals surface area contributed by atoms with Gasteiger partial charge in [0.15, 0.2) is 0 Å². The molecular weight excluding hydrogens is 400 g/mol. The first-order valence-corrected chi connectivity index (χ1v) is 16.3. The smallest absolute Gasteiger partial charge is 0.501 e. The Morgan fingerprint density at radius 3 is 1.59 bits per heavy atom. The molecule has 2 aliphatic rings. The monoisotopic (exact) mass is 444 g/mol. The average molecular weight is 445 g/mol. The maximum Gasteiger partial charge on any atom is 0.501 e. The molecule has 2 saturated carbocycles. The molecule has 0 spiro atoms. The van der Waals surface area contributed by atoms with Gasteiger partial charge in [-0.15, -0.1) is 0 Å². The lowest BCUT2D eigenvalue weighted by Gasteiger charge is -2.41. The molecule has 0 heterocycles. The maximum atomic E-state index is 13.4. The third kappa shape index (κ3) is 6.15. The lowest BCUT2D eigenvalue weighted by molar-refractivity contribution is -0.139. The van der Waals surface area contributed by atoms with Crippen LogP contribution in [0.2, 0.25) is 23.2 Å². The number of hydrogen-bond acceptors (Lipinski definition) is 5. The Morgan fingerprint density at radius 1 is 0.828 bits per heavy atom. The average Bonchev–Trinajstić information content (AvgIpc) is 3.41. The van der Waals surface area contributed by atoms with Crippen molar-refractivity contribution in [3.63, 3.8) is 0 Å². The molecule has 1 unspecified atom stereocenters. The van der Waals surface area contributed by atoms with E-state index in [1.807, 2.05) is 27.7 Å². The van der Waals surface area contributed by atoms with Crippen LogP contribution in [0, 0.1) is 5.92 Å². The molecule has 0 amide bonds. The molecule has 0 saturated heterocycles. The predicted molar refractivity (Wildman–Crippen MR) is 121 cm³/mol. The molecule has 0 radical (unpaired) electrons. The van der Waals surface area contributed by atoms with Crippen LogP contribution in [0.15, 0.2) is 0 Å². The van der Waals surface area contributed by atoms with E-state index in [0.717, 1.165) is 6.04 Å². The highest BCUT2D eigenvalue weighted by atomic mass is 28.4. The summed E-state index contributed by atoms with van der Waals surface area (Å²) < 4.78 is 24.6. The fourth-order valence-corrected chi connectivity index (χ4v) is 14.2. The molecule has 0 aromatic carbocycles. The quantitative estimate of drug-likeness (QED) is 0.323. The Bertz CT molecular complexity index is 457. The van der Waals surface area contributed by atoms with E-state index >= 15 is 0 Å². The van der Waals surface area contributed by atoms with Crippen molar-refractivity contribution in [1.29, 1.82) is 0 Å². The van der Waals surface area contributed by atoms with Gasteiger partial charge in [-0.1, -0.05) is 39.5 Å². The number of carbonyl (C=O) groups is 1. The van der Waals surface area contributed by atoms with Gasteiger partial charge in [-0.25, -0.2) is 0 Å². The van der Waals surface area contributed by atoms with Crippen molar-refractivity contribution >= 4 is 23.1 Å². The molecule has 29 heavy (non-hydrogen) atoms. The summed E-state index contributed by atoms with van der Waals surface area (Å²) in [6.45, 7) is 11.7. The number of carbonyl (C=O) groups excluding carboxylic acids is 1. The highest BCUT2D eigenvalue weighted by molar-refractivity contribution is 6.78. The zero-order chi connectivity index (χ0) is 21.3. The van der Waals surface area contributed by atoms with Gasteiger partial charge in [0.05, 0.1) is 5.92 Å². The highest BCUT2D eigenvalue weighted by Gasteiger charge is 2.53. The molecule has 0 aromatic rings. The number of rotatable bonds is 13. The van der Waals surface area contributed by atoms with E-state index in [2.05, 4.69) is 6.92 Å². The SMILES string of the molecule is CCO[Si](CC(C)C(=O)O[Si](CC)(C1CCCC1)C1CCCC1)(OCC)OCC. The van der Waals surface area contributed by atoms with Crippen molar-refractivity contribution in [2.45, 2.75) is 109 Å². The van der Waals surface area contributed by atoms with Crippen molar-refractivity contribution in [1.82, 2.24) is 0 Å². The molecule has 2 fully saturated rings. The standard InChI is InChI=1S/C22H44O5Si2/c1-6-24-29(25-7-2,26-8-3)18-19(5)22(23)27-28(9-4,20-14-10-11-15-20)21-16-12-13-17-21/h19-21H,6-18H2,1-5H3. The van der Waals surface area contributed by atoms with E-state index in [4.69, 9.17) is 17.7 Å². The molecule has 5 nitrogen and oxygen atoms in total. The van der Waals surface area contributed by atoms with Gasteiger partial charge in [-0.05, 0) is 63.6 Å². The summed E-state index contributed by atoms with van der Waals surface area (Å²) in [4.78, 5) is 13.4. The third-order valence-electron chi connectivity index (χ3n) is 6.99. The van der Waals surface area contributed by atoms with Crippen molar-refractivity contribution in [3.05, 3.63) is 0 Å². The molecule has 0 aromatic heterocycles. The molecule has 0 bridgehead atoms. The third-order valence-corrected chi connectivity index (χ3v) is 15.9. The molecule has 7 heteroatoms. The summed E-state index contributed by atoms with van der Waals surface area (Å²) in [6, 6.07) is 1.57. The lowest BCUT2D eigenvalue weighted by Crippen LogP contribution is -2.51. The van der Waals surface area contributed by atoms with Crippen LogP contribution >= 0.6 is 0 Å². The first-order valence-electron chi connectivity index (χ1n) is 12.1. The van der Waals surface area contributed by atoms with Gasteiger partial charge >= 0.3 is 8.80 Å². The Labute approximate surface area is 180 Å². The second kappa shape index (κ2) is 12.0. The Morgan fingerprint density at radius 2 is 1.24 bits per heavy atom. The van der Waals surface area contributed by atoms with Crippen LogP contribution in [-0.2, 0) is 22.5 Å². The first kappa shape index (κ1) is 25.0. The summed E-state index contributed by atoms with van der Waals surface area (Å²) in [5.74, 6) is -0.291. The van der Waals surface area contributed by atoms with Gasteiger partial charge in [0, 0.05) is 25.9 Å². The van der Waals surface area contributed by atoms with Crippen LogP contribution in [0.1, 0.15) is 86.0 Å². The van der Waals surface area contributed by atoms with E-state index in [9.17, 15) is 4.79 Å². The minimum Gasteiger partial charge on any atom is -0.518 e. The molecule has 2 aliphatic carbocycles. The summed E-state index contributed by atoms with van der Waals surface area (Å²) in [7, 11) is -4.97. The minimum absolute atomic E-state index is 0.0340.